The Morgan fingerprint density at radius 3 is 2.49 bits per heavy atom. The summed E-state index contributed by atoms with van der Waals surface area (Å²) in [5.41, 5.74) is 1.77. The van der Waals surface area contributed by atoms with E-state index in [0.29, 0.717) is 43.4 Å². The van der Waals surface area contributed by atoms with E-state index in [0.717, 1.165) is 11.3 Å². The molecule has 3 heterocycles. The van der Waals surface area contributed by atoms with Crippen LogP contribution in [0.25, 0.3) is 0 Å². The van der Waals surface area contributed by atoms with Gasteiger partial charge in [-0.1, -0.05) is 59.0 Å². The molecule has 4 aromatic rings. The monoisotopic (exact) mass is 607 g/mol. The summed E-state index contributed by atoms with van der Waals surface area (Å²) in [6, 6.07) is 20.7. The number of nitrogens with zero attached hydrogens (tertiary/aromatic N) is 1. The van der Waals surface area contributed by atoms with Crippen molar-refractivity contribution in [2.45, 2.75) is 16.2 Å². The van der Waals surface area contributed by atoms with E-state index >= 15 is 0 Å². The second-order valence-electron chi connectivity index (χ2n) is 9.35. The fourth-order valence-corrected chi connectivity index (χ4v) is 7.72. The number of halogens is 1. The number of thioether (sulfide) groups is 1. The predicted molar refractivity (Wildman–Crippen MR) is 157 cm³/mol. The van der Waals surface area contributed by atoms with Gasteiger partial charge >= 0.3 is 4.87 Å². The van der Waals surface area contributed by atoms with Gasteiger partial charge in [-0.25, -0.2) is 4.90 Å². The van der Waals surface area contributed by atoms with Gasteiger partial charge in [-0.05, 0) is 54.1 Å². The van der Waals surface area contributed by atoms with Crippen LogP contribution in [0.15, 0.2) is 82.6 Å². The number of nitrogens with one attached hydrogen (secondary N) is 2. The molecule has 0 bridgehead atoms. The Balaban J connectivity index is 1.29. The van der Waals surface area contributed by atoms with Crippen molar-refractivity contribution in [1.82, 2.24) is 4.98 Å². The zero-order valence-corrected chi connectivity index (χ0v) is 23.8. The maximum absolute atomic E-state index is 13.8. The predicted octanol–water partition coefficient (Wildman–Crippen LogP) is 4.91. The number of anilines is 2. The summed E-state index contributed by atoms with van der Waals surface area (Å²) in [5, 5.41) is 3.17. The summed E-state index contributed by atoms with van der Waals surface area (Å²) in [4.78, 5) is 56.6. The smallest absolute Gasteiger partial charge is 0.305 e. The number of amides is 3. The fourth-order valence-electron chi connectivity index (χ4n) is 5.08. The molecule has 2 N–H and O–H groups in total. The number of H-pyrrole nitrogens is 1. The van der Waals surface area contributed by atoms with Crippen LogP contribution >= 0.6 is 34.7 Å². The highest BCUT2D eigenvalue weighted by Crippen LogP contribution is 2.53. The van der Waals surface area contributed by atoms with Gasteiger partial charge in [0, 0.05) is 21.5 Å². The first-order valence-electron chi connectivity index (χ1n) is 12.5. The molecule has 2 aliphatic heterocycles. The molecule has 2 unspecified atom stereocenters. The molecule has 1 saturated heterocycles. The van der Waals surface area contributed by atoms with Gasteiger partial charge in [-0.2, -0.15) is 0 Å². The average Bonchev–Trinajstić information content (AvgIpc) is 3.47. The number of fused-ring (bicyclic) bond motifs is 2. The molecule has 2 aliphatic rings. The van der Waals surface area contributed by atoms with Gasteiger partial charge in [0.05, 0.1) is 23.7 Å². The minimum atomic E-state index is -0.728. The lowest BCUT2D eigenvalue weighted by atomic mass is 9.83. The van der Waals surface area contributed by atoms with E-state index in [-0.39, 0.29) is 29.2 Å². The minimum absolute atomic E-state index is 0.258. The molecule has 9 nitrogen and oxygen atoms in total. The maximum atomic E-state index is 13.8. The number of aromatic amines is 1. The number of methoxy groups -OCH3 is 1. The average molecular weight is 608 g/mol. The van der Waals surface area contributed by atoms with Crippen LogP contribution in [0.5, 0.6) is 11.5 Å². The zero-order valence-electron chi connectivity index (χ0n) is 21.5. The molecule has 208 valence electrons. The van der Waals surface area contributed by atoms with Crippen LogP contribution in [0.4, 0.5) is 11.4 Å². The van der Waals surface area contributed by atoms with Gasteiger partial charge in [0.2, 0.25) is 11.8 Å². The van der Waals surface area contributed by atoms with Crippen molar-refractivity contribution >= 4 is 63.8 Å². The van der Waals surface area contributed by atoms with Crippen molar-refractivity contribution in [1.29, 1.82) is 0 Å². The lowest BCUT2D eigenvalue weighted by Gasteiger charge is -2.30. The van der Waals surface area contributed by atoms with Crippen LogP contribution in [-0.4, -0.2) is 41.7 Å². The van der Waals surface area contributed by atoms with E-state index in [1.165, 1.54) is 23.8 Å². The van der Waals surface area contributed by atoms with Crippen LogP contribution in [0.3, 0.4) is 0 Å². The minimum Gasteiger partial charge on any atom is -0.493 e. The molecule has 1 fully saturated rings. The Kier molecular flexibility index (Phi) is 7.33. The van der Waals surface area contributed by atoms with Crippen molar-refractivity contribution in [3.05, 3.63) is 97.9 Å². The van der Waals surface area contributed by atoms with Gasteiger partial charge < -0.3 is 19.8 Å². The lowest BCUT2D eigenvalue weighted by molar-refractivity contribution is -0.122. The molecular formula is C29H22ClN3O6S2. The molecule has 0 radical (unpaired) electrons. The molecule has 0 aliphatic carbocycles. The summed E-state index contributed by atoms with van der Waals surface area (Å²) in [6.45, 7) is -0.272. The normalized spacial score (nSPS) is 19.5. The largest absolute Gasteiger partial charge is 0.493 e. The number of hydrogen-bond donors (Lipinski definition) is 2. The van der Waals surface area contributed by atoms with E-state index in [2.05, 4.69) is 10.3 Å². The number of aromatic nitrogens is 1. The van der Waals surface area contributed by atoms with Crippen LogP contribution in [0.2, 0.25) is 5.02 Å². The van der Waals surface area contributed by atoms with Crippen molar-refractivity contribution in [2.75, 3.05) is 23.9 Å². The van der Waals surface area contributed by atoms with E-state index in [1.54, 1.807) is 66.7 Å². The highest BCUT2D eigenvalue weighted by molar-refractivity contribution is 8.00. The number of carbonyl (C=O) groups is 3. The van der Waals surface area contributed by atoms with Gasteiger partial charge in [0.1, 0.15) is 5.25 Å². The van der Waals surface area contributed by atoms with Gasteiger partial charge in [-0.3, -0.25) is 19.2 Å². The standard InChI is InChI=1S/C29H22ClN3O6S2/c1-38-20-13-15(7-12-19(20)39-14-21(34)31-17-10-8-16(30)9-11-17)22-23-25(40-26-24(22)41-29(37)32-26)28(36)33(27(23)35)18-5-3-2-4-6-18/h2-13,22-23,25H,14H2,1H3,(H,31,34)(H,32,37)/t22-,23?,25?/m1/s1. The van der Waals surface area contributed by atoms with Crippen LogP contribution in [-0.2, 0) is 14.4 Å². The van der Waals surface area contributed by atoms with Crippen LogP contribution in [0, 0.1) is 5.92 Å². The molecule has 0 spiro atoms. The number of thiazole rings is 1. The topological polar surface area (TPSA) is 118 Å². The Bertz CT molecular complexity index is 1710. The number of imide groups is 1. The maximum Gasteiger partial charge on any atom is 0.305 e. The molecule has 12 heteroatoms. The van der Waals surface area contributed by atoms with Crippen LogP contribution in [0.1, 0.15) is 16.4 Å². The van der Waals surface area contributed by atoms with Crippen LogP contribution < -0.4 is 24.6 Å². The first-order chi connectivity index (χ1) is 19.8. The summed E-state index contributed by atoms with van der Waals surface area (Å²) in [6.07, 6.45) is 0. The third kappa shape index (κ3) is 5.12. The van der Waals surface area contributed by atoms with Crippen molar-refractivity contribution in [3.63, 3.8) is 0 Å². The summed E-state index contributed by atoms with van der Waals surface area (Å²) in [5.74, 6) is -1.65. The first kappa shape index (κ1) is 27.1. The Hall–Kier alpha value is -4.06. The number of benzene rings is 3. The van der Waals surface area contributed by atoms with E-state index < -0.39 is 17.1 Å². The number of rotatable bonds is 7. The molecule has 3 atom stereocenters. The summed E-state index contributed by atoms with van der Waals surface area (Å²) >= 11 is 8.14. The molecule has 6 rings (SSSR count). The molecule has 0 saturated carbocycles. The van der Waals surface area contributed by atoms with E-state index in [9.17, 15) is 19.2 Å². The Morgan fingerprint density at radius 1 is 1.00 bits per heavy atom. The van der Waals surface area contributed by atoms with Crippen molar-refractivity contribution < 1.29 is 23.9 Å². The quantitative estimate of drug-likeness (QED) is 0.287. The number of hydrogen-bond acceptors (Lipinski definition) is 8. The van der Waals surface area contributed by atoms with E-state index in [1.807, 2.05) is 6.07 Å². The second kappa shape index (κ2) is 11.1. The third-order valence-electron chi connectivity index (χ3n) is 6.87. The molecule has 41 heavy (non-hydrogen) atoms. The number of ether oxygens (including phenoxy) is 2. The van der Waals surface area contributed by atoms with Crippen molar-refractivity contribution in [2.24, 2.45) is 5.92 Å². The molecule has 3 amide bonds. The Morgan fingerprint density at radius 2 is 1.76 bits per heavy atom. The summed E-state index contributed by atoms with van der Waals surface area (Å²) < 4.78 is 11.3. The number of para-hydroxylation sites is 1. The van der Waals surface area contributed by atoms with E-state index in [4.69, 9.17) is 21.1 Å². The van der Waals surface area contributed by atoms with Crippen molar-refractivity contribution in [3.8, 4) is 11.5 Å². The second-order valence-corrected chi connectivity index (χ2v) is 12.0. The molecular weight excluding hydrogens is 586 g/mol. The summed E-state index contributed by atoms with van der Waals surface area (Å²) in [7, 11) is 1.47. The zero-order chi connectivity index (χ0) is 28.7. The first-order valence-corrected chi connectivity index (χ1v) is 14.6. The Labute approximate surface area is 247 Å². The van der Waals surface area contributed by atoms with Gasteiger partial charge in [0.25, 0.3) is 5.91 Å². The highest BCUT2D eigenvalue weighted by Gasteiger charge is 2.56. The number of carbonyl (C=O) groups excluding carboxylic acids is 3. The lowest BCUT2D eigenvalue weighted by Crippen LogP contribution is -2.32. The third-order valence-corrected chi connectivity index (χ3v) is 9.52. The molecule has 3 aromatic carbocycles. The highest BCUT2D eigenvalue weighted by atomic mass is 35.5. The SMILES string of the molecule is COc1cc([C@H]2c3sc(=O)[nH]c3SC3C(=O)N(c4ccccc4)C(=O)C32)ccc1OCC(=O)Nc1ccc(Cl)cc1. The van der Waals surface area contributed by atoms with Gasteiger partial charge in [-0.15, -0.1) is 0 Å². The molecule has 1 aromatic heterocycles. The van der Waals surface area contributed by atoms with Gasteiger partial charge in [0.15, 0.2) is 18.1 Å². The fraction of sp³-hybridized carbons (Fsp3) is 0.172.